The van der Waals surface area contributed by atoms with E-state index in [1.807, 2.05) is 0 Å². The first-order valence-corrected chi connectivity index (χ1v) is 10.3. The number of aromatic nitrogens is 4. The molecular weight excluding hydrogens is 477 g/mol. The summed E-state index contributed by atoms with van der Waals surface area (Å²) < 4.78 is 72.3. The second-order valence-electron chi connectivity index (χ2n) is 7.87. The summed E-state index contributed by atoms with van der Waals surface area (Å²) in [6.45, 7) is 0.250. The molecular formula is C21H22F5N7O2. The zero-order valence-corrected chi connectivity index (χ0v) is 18.7. The van der Waals surface area contributed by atoms with Gasteiger partial charge in [0.05, 0.1) is 30.6 Å². The van der Waals surface area contributed by atoms with Crippen molar-refractivity contribution in [2.45, 2.75) is 31.5 Å². The molecule has 0 unspecified atom stereocenters. The van der Waals surface area contributed by atoms with Crippen molar-refractivity contribution in [1.29, 1.82) is 0 Å². The van der Waals surface area contributed by atoms with E-state index in [-0.39, 0.29) is 23.9 Å². The average molecular weight is 499 g/mol. The third kappa shape index (κ3) is 6.25. The molecule has 1 aliphatic rings. The number of carbonyl (C=O) groups excluding carboxylic acids is 1. The molecule has 9 nitrogen and oxygen atoms in total. The Hall–Kier alpha value is -3.71. The van der Waals surface area contributed by atoms with Gasteiger partial charge >= 0.3 is 6.18 Å². The van der Waals surface area contributed by atoms with Crippen LogP contribution in [0.15, 0.2) is 41.5 Å². The van der Waals surface area contributed by atoms with Gasteiger partial charge in [-0.2, -0.15) is 13.2 Å². The number of nitrogens with zero attached hydrogens (tertiary/aromatic N) is 6. The Morgan fingerprint density at radius 3 is 2.51 bits per heavy atom. The molecule has 188 valence electrons. The highest BCUT2D eigenvalue weighted by atomic mass is 19.4. The summed E-state index contributed by atoms with van der Waals surface area (Å²) in [6.07, 6.45) is 0.145. The second-order valence-corrected chi connectivity index (χ2v) is 7.87. The van der Waals surface area contributed by atoms with Crippen molar-refractivity contribution in [3.8, 4) is 5.88 Å². The molecule has 0 aliphatic carbocycles. The Morgan fingerprint density at radius 1 is 1.26 bits per heavy atom. The number of aliphatic imine (C=N–C) groups is 1. The second kappa shape index (κ2) is 10.3. The summed E-state index contributed by atoms with van der Waals surface area (Å²) >= 11 is 0. The summed E-state index contributed by atoms with van der Waals surface area (Å²) in [6, 6.07) is 0.661. The van der Waals surface area contributed by atoms with Crippen LogP contribution in [0.5, 0.6) is 5.88 Å². The van der Waals surface area contributed by atoms with Crippen LogP contribution in [-0.4, -0.2) is 69.1 Å². The number of hydrogen-bond acceptors (Lipinski definition) is 8. The van der Waals surface area contributed by atoms with Gasteiger partial charge in [-0.3, -0.25) is 9.79 Å². The summed E-state index contributed by atoms with van der Waals surface area (Å²) in [5, 5.41) is 0. The molecule has 1 aliphatic heterocycles. The molecule has 2 aromatic heterocycles. The molecule has 1 fully saturated rings. The van der Waals surface area contributed by atoms with Crippen LogP contribution in [0.1, 0.15) is 24.9 Å². The number of rotatable bonds is 6. The van der Waals surface area contributed by atoms with Crippen LogP contribution in [-0.2, 0) is 11.0 Å². The van der Waals surface area contributed by atoms with Gasteiger partial charge in [0.1, 0.15) is 12.3 Å². The highest BCUT2D eigenvalue weighted by Crippen LogP contribution is 2.35. The number of alkyl halides is 5. The van der Waals surface area contributed by atoms with Gasteiger partial charge in [-0.25, -0.2) is 28.7 Å². The number of ether oxygens (including phenoxy) is 1. The lowest BCUT2D eigenvalue weighted by atomic mass is 9.88. The van der Waals surface area contributed by atoms with Crippen LogP contribution in [0.3, 0.4) is 0 Å². The Labute approximate surface area is 197 Å². The molecule has 0 radical (unpaired) electrons. The Kier molecular flexibility index (Phi) is 7.60. The average Bonchev–Trinajstić information content (AvgIpc) is 2.80. The maximum Gasteiger partial charge on any atom is 0.434 e. The lowest BCUT2D eigenvalue weighted by Gasteiger charge is -2.43. The summed E-state index contributed by atoms with van der Waals surface area (Å²) in [7, 11) is 1.43. The van der Waals surface area contributed by atoms with Gasteiger partial charge in [-0.05, 0) is 12.0 Å². The van der Waals surface area contributed by atoms with E-state index in [1.165, 1.54) is 32.6 Å². The molecule has 0 saturated carbocycles. The molecule has 3 heterocycles. The number of hydrogen-bond donors (Lipinski definition) is 1. The molecule has 3 rings (SSSR count). The first kappa shape index (κ1) is 25.9. The van der Waals surface area contributed by atoms with Crippen LogP contribution >= 0.6 is 0 Å². The van der Waals surface area contributed by atoms with Crippen molar-refractivity contribution in [2.24, 2.45) is 16.6 Å². The number of carbonyl (C=O) groups is 1. The van der Waals surface area contributed by atoms with E-state index in [1.54, 1.807) is 6.07 Å². The number of allylic oxidation sites excluding steroid dienone is 1. The van der Waals surface area contributed by atoms with Crippen LogP contribution in [0.25, 0.3) is 5.57 Å². The lowest BCUT2D eigenvalue weighted by molar-refractivity contribution is -0.151. The van der Waals surface area contributed by atoms with E-state index < -0.39 is 54.3 Å². The molecule has 1 amide bonds. The van der Waals surface area contributed by atoms with E-state index in [0.717, 1.165) is 11.1 Å². The number of piperidine rings is 1. The summed E-state index contributed by atoms with van der Waals surface area (Å²) in [5.74, 6) is -5.02. The van der Waals surface area contributed by atoms with Crippen molar-refractivity contribution in [2.75, 3.05) is 20.2 Å². The van der Waals surface area contributed by atoms with Gasteiger partial charge < -0.3 is 15.4 Å². The van der Waals surface area contributed by atoms with E-state index in [9.17, 15) is 26.7 Å². The van der Waals surface area contributed by atoms with E-state index in [4.69, 9.17) is 10.5 Å². The van der Waals surface area contributed by atoms with Gasteiger partial charge in [-0.1, -0.05) is 6.92 Å². The molecule has 14 heteroatoms. The fourth-order valence-corrected chi connectivity index (χ4v) is 3.61. The normalized spacial score (nSPS) is 21.1. The summed E-state index contributed by atoms with van der Waals surface area (Å²) in [5.41, 5.74) is 4.52. The molecule has 0 aromatic carbocycles. The molecule has 0 bridgehead atoms. The fourth-order valence-electron chi connectivity index (χ4n) is 3.61. The Bertz CT molecular complexity index is 1090. The maximum atomic E-state index is 14.4. The number of nitrogens with two attached hydrogens (primary N) is 1. The number of amides is 1. The topological polar surface area (TPSA) is 119 Å². The van der Waals surface area contributed by atoms with Crippen molar-refractivity contribution in [1.82, 2.24) is 24.8 Å². The largest absolute Gasteiger partial charge is 0.474 e. The first-order chi connectivity index (χ1) is 16.4. The fraction of sp³-hybridized carbons (Fsp3) is 0.429. The minimum absolute atomic E-state index is 0.0490. The van der Waals surface area contributed by atoms with Crippen molar-refractivity contribution in [3.05, 3.63) is 48.1 Å². The zero-order chi connectivity index (χ0) is 25.8. The Morgan fingerprint density at radius 2 is 1.94 bits per heavy atom. The third-order valence-corrected chi connectivity index (χ3v) is 5.25. The number of likely N-dealkylation sites (tertiary alicyclic amines) is 1. The van der Waals surface area contributed by atoms with Gasteiger partial charge in [0, 0.05) is 32.1 Å². The van der Waals surface area contributed by atoms with Crippen LogP contribution in [0.4, 0.5) is 22.0 Å². The van der Waals surface area contributed by atoms with Gasteiger partial charge in [0.15, 0.2) is 11.5 Å². The van der Waals surface area contributed by atoms with Gasteiger partial charge in [0.25, 0.3) is 11.8 Å². The summed E-state index contributed by atoms with van der Waals surface area (Å²) in [4.78, 5) is 32.9. The quantitative estimate of drug-likeness (QED) is 0.369. The minimum Gasteiger partial charge on any atom is -0.474 e. The SMILES string of the molecule is CN=CC(=C(N)C(=O)N1CC(F)(F)C[C@@H](C)[C@H]1COc1cnc(C(F)(F)F)cn1)c1ncccn1. The Balaban J connectivity index is 1.88. The third-order valence-electron chi connectivity index (χ3n) is 5.25. The standard InChI is InChI=1S/C21H22F5N7O2/c1-12-6-20(22,23)11-33(14(12)10-35-16-9-31-15(8-32-16)21(24,25)26)19(34)17(27)13(7-28-2)18-29-4-3-5-30-18/h3-5,7-9,12,14H,6,10-11,27H2,1-2H3/t12-,14-/m1/s1. The van der Waals surface area contributed by atoms with E-state index in [2.05, 4.69) is 24.9 Å². The monoisotopic (exact) mass is 499 g/mol. The highest BCUT2D eigenvalue weighted by molar-refractivity contribution is 6.17. The zero-order valence-electron chi connectivity index (χ0n) is 18.7. The van der Waals surface area contributed by atoms with Crippen molar-refractivity contribution >= 4 is 17.7 Å². The van der Waals surface area contributed by atoms with Gasteiger partial charge in [0.2, 0.25) is 5.88 Å². The highest BCUT2D eigenvalue weighted by Gasteiger charge is 2.47. The molecule has 2 atom stereocenters. The van der Waals surface area contributed by atoms with Crippen LogP contribution < -0.4 is 10.5 Å². The number of halogens is 5. The molecule has 1 saturated heterocycles. The molecule has 2 N–H and O–H groups in total. The maximum absolute atomic E-state index is 14.4. The first-order valence-electron chi connectivity index (χ1n) is 10.3. The molecule has 0 spiro atoms. The minimum atomic E-state index is -4.68. The predicted molar refractivity (Wildman–Crippen MR) is 114 cm³/mol. The van der Waals surface area contributed by atoms with E-state index in [0.29, 0.717) is 6.20 Å². The molecule has 2 aromatic rings. The smallest absolute Gasteiger partial charge is 0.434 e. The van der Waals surface area contributed by atoms with Crippen LogP contribution in [0, 0.1) is 5.92 Å². The van der Waals surface area contributed by atoms with Crippen molar-refractivity contribution in [3.63, 3.8) is 0 Å². The van der Waals surface area contributed by atoms with Crippen molar-refractivity contribution < 1.29 is 31.5 Å². The molecule has 35 heavy (non-hydrogen) atoms. The predicted octanol–water partition coefficient (Wildman–Crippen LogP) is 2.61. The van der Waals surface area contributed by atoms with Crippen LogP contribution in [0.2, 0.25) is 0 Å². The van der Waals surface area contributed by atoms with E-state index >= 15 is 0 Å². The van der Waals surface area contributed by atoms with Gasteiger partial charge in [-0.15, -0.1) is 0 Å². The lowest BCUT2D eigenvalue weighted by Crippen LogP contribution is -2.58.